The zero-order valence-electron chi connectivity index (χ0n) is 11.9. The van der Waals surface area contributed by atoms with Crippen LogP contribution in [0.25, 0.3) is 0 Å². The summed E-state index contributed by atoms with van der Waals surface area (Å²) in [6.45, 7) is 4.36. The van der Waals surface area contributed by atoms with E-state index in [9.17, 15) is 9.59 Å². The molecule has 1 aromatic carbocycles. The van der Waals surface area contributed by atoms with Gasteiger partial charge in [-0.15, -0.1) is 0 Å². The van der Waals surface area contributed by atoms with Gasteiger partial charge in [-0.3, -0.25) is 4.79 Å². The molecule has 0 unspecified atom stereocenters. The van der Waals surface area contributed by atoms with Gasteiger partial charge in [-0.1, -0.05) is 19.9 Å². The summed E-state index contributed by atoms with van der Waals surface area (Å²) in [7, 11) is 0. The number of anilines is 1. The first kappa shape index (κ1) is 16.0. The molecular formula is C14H22N4O2. The maximum Gasteiger partial charge on any atom is 0.316 e. The molecule has 0 aromatic heterocycles. The summed E-state index contributed by atoms with van der Waals surface area (Å²) < 4.78 is 0. The SMILES string of the molecule is CCC(CC)(CN)NC(=O)c1cccc(NC(N)=O)c1. The average Bonchev–Trinajstić information content (AvgIpc) is 2.44. The number of nitrogens with two attached hydrogens (primary N) is 2. The first-order valence-corrected chi connectivity index (χ1v) is 6.65. The third-order valence-electron chi connectivity index (χ3n) is 3.52. The van der Waals surface area contributed by atoms with E-state index in [1.807, 2.05) is 13.8 Å². The summed E-state index contributed by atoms with van der Waals surface area (Å²) in [5.41, 5.74) is 11.4. The van der Waals surface area contributed by atoms with Crippen molar-refractivity contribution in [3.8, 4) is 0 Å². The third kappa shape index (κ3) is 3.96. The molecule has 3 amide bonds. The van der Waals surface area contributed by atoms with Crippen LogP contribution in [0.3, 0.4) is 0 Å². The lowest BCUT2D eigenvalue weighted by atomic mass is 9.92. The van der Waals surface area contributed by atoms with Crippen molar-refractivity contribution in [2.75, 3.05) is 11.9 Å². The van der Waals surface area contributed by atoms with Crippen LogP contribution in [0.5, 0.6) is 0 Å². The average molecular weight is 278 g/mol. The van der Waals surface area contributed by atoms with E-state index in [-0.39, 0.29) is 5.91 Å². The number of carbonyl (C=O) groups excluding carboxylic acids is 2. The molecule has 0 bridgehead atoms. The smallest absolute Gasteiger partial charge is 0.316 e. The van der Waals surface area contributed by atoms with E-state index < -0.39 is 11.6 Å². The molecule has 0 heterocycles. The molecule has 0 atom stereocenters. The number of hydrogen-bond acceptors (Lipinski definition) is 3. The van der Waals surface area contributed by atoms with Crippen LogP contribution in [0.1, 0.15) is 37.0 Å². The Kier molecular flexibility index (Phi) is 5.52. The molecule has 0 aliphatic heterocycles. The second kappa shape index (κ2) is 6.91. The van der Waals surface area contributed by atoms with Crippen LogP contribution in [-0.4, -0.2) is 24.0 Å². The lowest BCUT2D eigenvalue weighted by molar-refractivity contribution is 0.0895. The predicted molar refractivity (Wildman–Crippen MR) is 79.5 cm³/mol. The molecule has 0 aliphatic carbocycles. The molecule has 6 heteroatoms. The van der Waals surface area contributed by atoms with Gasteiger partial charge in [0.15, 0.2) is 0 Å². The Hall–Kier alpha value is -2.08. The summed E-state index contributed by atoms with van der Waals surface area (Å²) in [5.74, 6) is -0.215. The third-order valence-corrected chi connectivity index (χ3v) is 3.52. The molecule has 0 aliphatic rings. The van der Waals surface area contributed by atoms with Crippen LogP contribution in [0.2, 0.25) is 0 Å². The topological polar surface area (TPSA) is 110 Å². The minimum atomic E-state index is -0.666. The number of nitrogens with one attached hydrogen (secondary N) is 2. The van der Waals surface area contributed by atoms with Crippen molar-refractivity contribution in [1.82, 2.24) is 5.32 Å². The van der Waals surface area contributed by atoms with Crippen molar-refractivity contribution in [3.05, 3.63) is 29.8 Å². The van der Waals surface area contributed by atoms with Gasteiger partial charge in [0, 0.05) is 17.8 Å². The van der Waals surface area contributed by atoms with Gasteiger partial charge in [-0.2, -0.15) is 0 Å². The Morgan fingerprint density at radius 3 is 2.40 bits per heavy atom. The molecule has 1 rings (SSSR count). The number of carbonyl (C=O) groups is 2. The van der Waals surface area contributed by atoms with Crippen molar-refractivity contribution < 1.29 is 9.59 Å². The van der Waals surface area contributed by atoms with E-state index in [0.717, 1.165) is 12.8 Å². The highest BCUT2D eigenvalue weighted by atomic mass is 16.2. The first-order valence-electron chi connectivity index (χ1n) is 6.65. The largest absolute Gasteiger partial charge is 0.351 e. The van der Waals surface area contributed by atoms with Crippen LogP contribution in [0.15, 0.2) is 24.3 Å². The molecule has 6 N–H and O–H groups in total. The standard InChI is InChI=1S/C14H22N4O2/c1-3-14(4-2,9-15)18-12(19)10-6-5-7-11(8-10)17-13(16)20/h5-8H,3-4,9,15H2,1-2H3,(H,18,19)(H3,16,17,20). The summed E-state index contributed by atoms with van der Waals surface area (Å²) in [6.07, 6.45) is 1.51. The second-order valence-electron chi connectivity index (χ2n) is 4.72. The van der Waals surface area contributed by atoms with Crippen molar-refractivity contribution in [1.29, 1.82) is 0 Å². The maximum absolute atomic E-state index is 12.3. The number of rotatable bonds is 6. The molecule has 0 spiro atoms. The van der Waals surface area contributed by atoms with Crippen LogP contribution in [-0.2, 0) is 0 Å². The van der Waals surface area contributed by atoms with Gasteiger partial charge in [-0.05, 0) is 31.0 Å². The minimum Gasteiger partial charge on any atom is -0.351 e. The Morgan fingerprint density at radius 1 is 1.25 bits per heavy atom. The van der Waals surface area contributed by atoms with E-state index in [1.54, 1.807) is 24.3 Å². The fourth-order valence-electron chi connectivity index (χ4n) is 1.96. The number of primary amides is 1. The summed E-state index contributed by atoms with van der Waals surface area (Å²) >= 11 is 0. The molecule has 110 valence electrons. The first-order chi connectivity index (χ1) is 9.46. The maximum atomic E-state index is 12.3. The minimum absolute atomic E-state index is 0.215. The van der Waals surface area contributed by atoms with Crippen molar-refractivity contribution in [3.63, 3.8) is 0 Å². The van der Waals surface area contributed by atoms with Crippen LogP contribution in [0, 0.1) is 0 Å². The quantitative estimate of drug-likeness (QED) is 0.631. The van der Waals surface area contributed by atoms with Crippen molar-refractivity contribution >= 4 is 17.6 Å². The normalized spacial score (nSPS) is 10.9. The van der Waals surface area contributed by atoms with Gasteiger partial charge in [0.05, 0.1) is 5.54 Å². The van der Waals surface area contributed by atoms with Crippen molar-refractivity contribution in [2.45, 2.75) is 32.2 Å². The fourth-order valence-corrected chi connectivity index (χ4v) is 1.96. The highest BCUT2D eigenvalue weighted by Crippen LogP contribution is 2.16. The van der Waals surface area contributed by atoms with Gasteiger partial charge in [0.1, 0.15) is 0 Å². The van der Waals surface area contributed by atoms with E-state index in [4.69, 9.17) is 11.5 Å². The molecule has 0 radical (unpaired) electrons. The van der Waals surface area contributed by atoms with Crippen LogP contribution in [0.4, 0.5) is 10.5 Å². The number of amides is 3. The van der Waals surface area contributed by atoms with Gasteiger partial charge < -0.3 is 22.1 Å². The lowest BCUT2D eigenvalue weighted by Crippen LogP contribution is -2.52. The predicted octanol–water partition coefficient (Wildman–Crippen LogP) is 1.42. The number of hydrogen-bond donors (Lipinski definition) is 4. The highest BCUT2D eigenvalue weighted by Gasteiger charge is 2.26. The van der Waals surface area contributed by atoms with Gasteiger partial charge in [-0.25, -0.2) is 4.79 Å². The lowest BCUT2D eigenvalue weighted by Gasteiger charge is -2.31. The zero-order chi connectivity index (χ0) is 15.2. The van der Waals surface area contributed by atoms with E-state index in [2.05, 4.69) is 10.6 Å². The van der Waals surface area contributed by atoms with E-state index in [1.165, 1.54) is 0 Å². The Bertz CT molecular complexity index is 476. The van der Waals surface area contributed by atoms with Gasteiger partial charge in [0.2, 0.25) is 0 Å². The Morgan fingerprint density at radius 2 is 1.90 bits per heavy atom. The molecule has 6 nitrogen and oxygen atoms in total. The van der Waals surface area contributed by atoms with Crippen molar-refractivity contribution in [2.24, 2.45) is 11.5 Å². The Labute approximate surface area is 118 Å². The molecule has 0 saturated heterocycles. The summed E-state index contributed by atoms with van der Waals surface area (Å²) in [4.78, 5) is 23.1. The van der Waals surface area contributed by atoms with E-state index in [0.29, 0.717) is 17.8 Å². The van der Waals surface area contributed by atoms with Crippen LogP contribution < -0.4 is 22.1 Å². The molecule has 1 aromatic rings. The van der Waals surface area contributed by atoms with Gasteiger partial charge >= 0.3 is 6.03 Å². The number of benzene rings is 1. The number of urea groups is 1. The summed E-state index contributed by atoms with van der Waals surface area (Å²) in [6, 6.07) is 5.93. The monoisotopic (exact) mass is 278 g/mol. The van der Waals surface area contributed by atoms with E-state index >= 15 is 0 Å². The van der Waals surface area contributed by atoms with Gasteiger partial charge in [0.25, 0.3) is 5.91 Å². The summed E-state index contributed by atoms with van der Waals surface area (Å²) in [5, 5.41) is 5.41. The molecule has 0 saturated carbocycles. The second-order valence-corrected chi connectivity index (χ2v) is 4.72. The fraction of sp³-hybridized carbons (Fsp3) is 0.429. The highest BCUT2D eigenvalue weighted by molar-refractivity contribution is 5.97. The molecular weight excluding hydrogens is 256 g/mol. The Balaban J connectivity index is 2.89. The zero-order valence-corrected chi connectivity index (χ0v) is 11.9. The van der Waals surface area contributed by atoms with Crippen LogP contribution >= 0.6 is 0 Å². The molecule has 20 heavy (non-hydrogen) atoms. The molecule has 0 fully saturated rings.